The summed E-state index contributed by atoms with van der Waals surface area (Å²) in [6, 6.07) is 3.84. The third-order valence-electron chi connectivity index (χ3n) is 1.72. The third kappa shape index (κ3) is 3.20. The summed E-state index contributed by atoms with van der Waals surface area (Å²) >= 11 is 6.15. The Labute approximate surface area is 114 Å². The number of amidine groups is 1. The number of hydrazone groups is 1. The van der Waals surface area contributed by atoms with Gasteiger partial charge in [-0.05, 0) is 28.1 Å². The van der Waals surface area contributed by atoms with Crippen molar-refractivity contribution in [2.75, 3.05) is 0 Å². The van der Waals surface area contributed by atoms with Crippen LogP contribution in [0, 0.1) is 0 Å². The minimum atomic E-state index is 0.281. The molecule has 0 saturated heterocycles. The first-order valence-corrected chi connectivity index (χ1v) is 7.03. The zero-order valence-corrected chi connectivity index (χ0v) is 11.7. The molecule has 0 atom stereocenters. The maximum absolute atomic E-state index is 5.47. The molecule has 0 unspecified atom stereocenters. The van der Waals surface area contributed by atoms with Gasteiger partial charge in [-0.25, -0.2) is 0 Å². The zero-order valence-electron chi connectivity index (χ0n) is 8.46. The van der Waals surface area contributed by atoms with E-state index in [9.17, 15) is 0 Å². The van der Waals surface area contributed by atoms with Gasteiger partial charge in [-0.3, -0.25) is 0 Å². The van der Waals surface area contributed by atoms with Crippen LogP contribution in [-0.4, -0.2) is 15.4 Å². The highest BCUT2D eigenvalue weighted by Gasteiger charge is 2.11. The van der Waals surface area contributed by atoms with Gasteiger partial charge in [-0.2, -0.15) is 5.10 Å². The molecule has 0 amide bonds. The van der Waals surface area contributed by atoms with Crippen LogP contribution >= 0.6 is 39.0 Å². The molecule has 0 bridgehead atoms. The minimum Gasteiger partial charge on any atom is -0.419 e. The van der Waals surface area contributed by atoms with Crippen molar-refractivity contribution in [1.29, 1.82) is 0 Å². The number of nitrogens with zero attached hydrogens (tertiary/aromatic N) is 3. The first-order valence-electron chi connectivity index (χ1n) is 4.43. The lowest BCUT2D eigenvalue weighted by Gasteiger charge is -1.93. The van der Waals surface area contributed by atoms with Crippen LogP contribution in [0.15, 0.2) is 25.4 Å². The SMILES string of the molecule is NN=C(N)SCc1nnc(-c2ccc(Br)s2)o1. The van der Waals surface area contributed by atoms with E-state index < -0.39 is 0 Å². The molecule has 0 aliphatic carbocycles. The van der Waals surface area contributed by atoms with Gasteiger partial charge in [0, 0.05) is 0 Å². The normalized spacial score (nSPS) is 11.9. The molecule has 2 aromatic heterocycles. The number of aromatic nitrogens is 2. The number of hydrogen-bond donors (Lipinski definition) is 2. The predicted octanol–water partition coefficient (Wildman–Crippen LogP) is 1.98. The molecule has 2 heterocycles. The van der Waals surface area contributed by atoms with Gasteiger partial charge in [0.2, 0.25) is 5.89 Å². The fourth-order valence-electron chi connectivity index (χ4n) is 1.01. The highest BCUT2D eigenvalue weighted by Crippen LogP contribution is 2.30. The average Bonchev–Trinajstić information content (AvgIpc) is 2.94. The summed E-state index contributed by atoms with van der Waals surface area (Å²) in [5.41, 5.74) is 5.44. The van der Waals surface area contributed by atoms with E-state index in [1.165, 1.54) is 23.1 Å². The van der Waals surface area contributed by atoms with Crippen LogP contribution in [0.4, 0.5) is 0 Å². The van der Waals surface area contributed by atoms with Crippen molar-refractivity contribution in [3.05, 3.63) is 21.8 Å². The Morgan fingerprint density at radius 3 is 3.00 bits per heavy atom. The monoisotopic (exact) mass is 333 g/mol. The molecule has 2 rings (SSSR count). The summed E-state index contributed by atoms with van der Waals surface area (Å²) in [6.45, 7) is 0. The van der Waals surface area contributed by atoms with E-state index in [0.717, 1.165) is 8.66 Å². The summed E-state index contributed by atoms with van der Waals surface area (Å²) < 4.78 is 6.49. The number of nitrogens with two attached hydrogens (primary N) is 2. The Morgan fingerprint density at radius 2 is 2.35 bits per heavy atom. The number of hydrogen-bond acceptors (Lipinski definition) is 7. The Bertz CT molecular complexity index is 538. The van der Waals surface area contributed by atoms with Crippen LogP contribution < -0.4 is 11.6 Å². The molecule has 4 N–H and O–H groups in total. The first kappa shape index (κ1) is 12.4. The summed E-state index contributed by atoms with van der Waals surface area (Å²) in [4.78, 5) is 0.918. The number of thiophene rings is 1. The highest BCUT2D eigenvalue weighted by atomic mass is 79.9. The Kier molecular flexibility index (Phi) is 4.02. The van der Waals surface area contributed by atoms with Crippen LogP contribution in [0.25, 0.3) is 10.8 Å². The smallest absolute Gasteiger partial charge is 0.257 e. The van der Waals surface area contributed by atoms with Crippen molar-refractivity contribution in [3.63, 3.8) is 0 Å². The average molecular weight is 334 g/mol. The van der Waals surface area contributed by atoms with E-state index in [2.05, 4.69) is 31.2 Å². The van der Waals surface area contributed by atoms with Crippen molar-refractivity contribution < 1.29 is 4.42 Å². The number of halogens is 1. The number of thioether (sulfide) groups is 1. The second-order valence-electron chi connectivity index (χ2n) is 2.86. The summed E-state index contributed by atoms with van der Waals surface area (Å²) in [5.74, 6) is 6.44. The molecule has 0 spiro atoms. The molecule has 9 heteroatoms. The molecule has 0 aromatic carbocycles. The molecule has 17 heavy (non-hydrogen) atoms. The van der Waals surface area contributed by atoms with Gasteiger partial charge in [-0.15, -0.1) is 21.5 Å². The van der Waals surface area contributed by atoms with Crippen molar-refractivity contribution in [1.82, 2.24) is 10.2 Å². The second kappa shape index (κ2) is 5.52. The largest absolute Gasteiger partial charge is 0.419 e. The Balaban J connectivity index is 2.06. The van der Waals surface area contributed by atoms with Crippen LogP contribution in [0.2, 0.25) is 0 Å². The topological polar surface area (TPSA) is 103 Å². The molecule has 6 nitrogen and oxygen atoms in total. The number of rotatable bonds is 3. The maximum Gasteiger partial charge on any atom is 0.257 e. The van der Waals surface area contributed by atoms with Gasteiger partial charge in [-0.1, -0.05) is 11.8 Å². The Morgan fingerprint density at radius 1 is 1.53 bits per heavy atom. The summed E-state index contributed by atoms with van der Waals surface area (Å²) in [5, 5.41) is 11.5. The second-order valence-corrected chi connectivity index (χ2v) is 6.32. The molecule has 2 aromatic rings. The fraction of sp³-hybridized carbons (Fsp3) is 0.125. The van der Waals surface area contributed by atoms with E-state index in [0.29, 0.717) is 17.5 Å². The first-order chi connectivity index (χ1) is 8.19. The van der Waals surface area contributed by atoms with Gasteiger partial charge >= 0.3 is 0 Å². The van der Waals surface area contributed by atoms with Gasteiger partial charge < -0.3 is 16.0 Å². The lowest BCUT2D eigenvalue weighted by molar-refractivity contribution is 0.530. The molecule has 0 radical (unpaired) electrons. The zero-order chi connectivity index (χ0) is 12.3. The van der Waals surface area contributed by atoms with Crippen LogP contribution in [0.5, 0.6) is 0 Å². The minimum absolute atomic E-state index is 0.281. The highest BCUT2D eigenvalue weighted by molar-refractivity contribution is 9.11. The van der Waals surface area contributed by atoms with E-state index in [1.807, 2.05) is 12.1 Å². The lowest BCUT2D eigenvalue weighted by atomic mass is 10.5. The van der Waals surface area contributed by atoms with Crippen molar-refractivity contribution in [2.24, 2.45) is 16.7 Å². The van der Waals surface area contributed by atoms with Crippen molar-refractivity contribution in [3.8, 4) is 10.8 Å². The van der Waals surface area contributed by atoms with E-state index in [1.54, 1.807) is 0 Å². The maximum atomic E-state index is 5.47. The van der Waals surface area contributed by atoms with Gasteiger partial charge in [0.25, 0.3) is 5.89 Å². The van der Waals surface area contributed by atoms with E-state index in [-0.39, 0.29) is 5.17 Å². The van der Waals surface area contributed by atoms with Crippen molar-refractivity contribution >= 4 is 44.2 Å². The Hall–Kier alpha value is -1.06. The van der Waals surface area contributed by atoms with Crippen LogP contribution in [0.3, 0.4) is 0 Å². The quantitative estimate of drug-likeness (QED) is 0.385. The van der Waals surface area contributed by atoms with Crippen LogP contribution in [0.1, 0.15) is 5.89 Å². The lowest BCUT2D eigenvalue weighted by Crippen LogP contribution is -2.09. The van der Waals surface area contributed by atoms with Gasteiger partial charge in [0.05, 0.1) is 14.4 Å². The summed E-state index contributed by atoms with van der Waals surface area (Å²) in [6.07, 6.45) is 0. The van der Waals surface area contributed by atoms with E-state index >= 15 is 0 Å². The molecule has 0 aliphatic heterocycles. The predicted molar refractivity (Wildman–Crippen MR) is 72.4 cm³/mol. The molecule has 90 valence electrons. The molecular formula is C8H8BrN5OS2. The molecular weight excluding hydrogens is 326 g/mol. The standard InChI is InChI=1S/C8H8BrN5OS2/c9-5-2-1-4(17-5)7-14-13-6(15-7)3-16-8(10)12-11/h1-2H,3,11H2,(H2,10,12). The molecule has 0 saturated carbocycles. The van der Waals surface area contributed by atoms with Crippen LogP contribution in [-0.2, 0) is 5.75 Å². The van der Waals surface area contributed by atoms with Gasteiger partial charge in [0.1, 0.15) is 0 Å². The third-order valence-corrected chi connectivity index (χ3v) is 4.13. The molecule has 0 aliphatic rings. The van der Waals surface area contributed by atoms with Crippen molar-refractivity contribution in [2.45, 2.75) is 5.75 Å². The fourth-order valence-corrected chi connectivity index (χ4v) is 2.78. The molecule has 0 fully saturated rings. The van der Waals surface area contributed by atoms with E-state index in [4.69, 9.17) is 16.0 Å². The summed E-state index contributed by atoms with van der Waals surface area (Å²) in [7, 11) is 0. The van der Waals surface area contributed by atoms with Gasteiger partial charge in [0.15, 0.2) is 5.17 Å².